The Morgan fingerprint density at radius 3 is 2.56 bits per heavy atom. The minimum Gasteiger partial charge on any atom is -0.497 e. The third kappa shape index (κ3) is 4.25. The Balaban J connectivity index is 1.19. The number of pyridine rings is 1. The van der Waals surface area contributed by atoms with E-state index >= 15 is 0 Å². The van der Waals surface area contributed by atoms with Crippen LogP contribution in [0.3, 0.4) is 0 Å². The van der Waals surface area contributed by atoms with Gasteiger partial charge in [-0.3, -0.25) is 9.30 Å². The molecule has 0 spiro atoms. The number of anilines is 2. The smallest absolute Gasteiger partial charge is 0.157 e. The van der Waals surface area contributed by atoms with Crippen LogP contribution in [-0.2, 0) is 0 Å². The number of hydrogen-bond acceptors (Lipinski definition) is 6. The van der Waals surface area contributed by atoms with E-state index in [2.05, 4.69) is 49.9 Å². The topological polar surface area (TPSA) is 68.8 Å². The molecule has 0 aliphatic carbocycles. The highest BCUT2D eigenvalue weighted by Gasteiger charge is 2.18. The molecule has 4 aromatic rings. The number of fused-ring (bicyclic) bond motifs is 3. The molecule has 1 aliphatic rings. The lowest BCUT2D eigenvalue weighted by molar-refractivity contribution is 0.257. The van der Waals surface area contributed by atoms with Gasteiger partial charge in [-0.05, 0) is 67.9 Å². The fraction of sp³-hybridized carbons (Fsp3) is 0.333. The van der Waals surface area contributed by atoms with Crippen molar-refractivity contribution in [2.24, 2.45) is 0 Å². The molecule has 3 heterocycles. The number of imidazole rings is 1. The number of para-hydroxylation sites is 2. The van der Waals surface area contributed by atoms with E-state index < -0.39 is 0 Å². The largest absolute Gasteiger partial charge is 0.497 e. The number of methoxy groups -OCH3 is 1. The predicted molar refractivity (Wildman–Crippen MR) is 137 cm³/mol. The van der Waals surface area contributed by atoms with Crippen molar-refractivity contribution in [1.29, 1.82) is 5.26 Å². The van der Waals surface area contributed by atoms with Gasteiger partial charge in [0.1, 0.15) is 17.6 Å². The molecule has 1 N–H and O–H groups in total. The summed E-state index contributed by atoms with van der Waals surface area (Å²) < 4.78 is 7.34. The minimum absolute atomic E-state index is 0.636. The highest BCUT2D eigenvalue weighted by molar-refractivity contribution is 5.85. The van der Waals surface area contributed by atoms with Gasteiger partial charge in [-0.25, -0.2) is 4.98 Å². The first kappa shape index (κ1) is 22.1. The number of hydrogen-bond donors (Lipinski definition) is 1. The molecule has 2 aromatic carbocycles. The fourth-order valence-corrected chi connectivity index (χ4v) is 4.77. The van der Waals surface area contributed by atoms with Gasteiger partial charge in [0, 0.05) is 38.4 Å². The van der Waals surface area contributed by atoms with Gasteiger partial charge in [0.25, 0.3) is 0 Å². The van der Waals surface area contributed by atoms with Gasteiger partial charge in [0.15, 0.2) is 5.65 Å². The highest BCUT2D eigenvalue weighted by Crippen LogP contribution is 2.26. The van der Waals surface area contributed by atoms with E-state index in [4.69, 9.17) is 9.72 Å². The van der Waals surface area contributed by atoms with Crippen LogP contribution in [0.5, 0.6) is 5.75 Å². The maximum Gasteiger partial charge on any atom is 0.157 e. The first-order chi connectivity index (χ1) is 16.7. The number of rotatable bonds is 7. The molecule has 174 valence electrons. The summed E-state index contributed by atoms with van der Waals surface area (Å²) in [5.74, 6) is 1.89. The number of piperazine rings is 1. The minimum atomic E-state index is 0.636. The standard InChI is InChI=1S/C27H30N6O/c1-20-18-26(33-25-7-4-3-6-24(25)30-27(33)23(20)19-28)29-12-5-13-31-14-16-32(17-15-31)21-8-10-22(34-2)11-9-21/h3-4,6-11,18,29H,5,12-17H2,1-2H3. The second-order valence-corrected chi connectivity index (χ2v) is 8.77. The van der Waals surface area contributed by atoms with Crippen LogP contribution >= 0.6 is 0 Å². The summed E-state index contributed by atoms with van der Waals surface area (Å²) in [6.07, 6.45) is 1.05. The third-order valence-electron chi connectivity index (χ3n) is 6.65. The molecule has 7 heteroatoms. The van der Waals surface area contributed by atoms with Crippen LogP contribution < -0.4 is 15.0 Å². The Morgan fingerprint density at radius 2 is 1.82 bits per heavy atom. The summed E-state index contributed by atoms with van der Waals surface area (Å²) in [5, 5.41) is 13.3. The molecule has 1 fully saturated rings. The number of aryl methyl sites for hydroxylation is 1. The molecular weight excluding hydrogens is 424 g/mol. The molecule has 0 unspecified atom stereocenters. The number of aromatic nitrogens is 2. The summed E-state index contributed by atoms with van der Waals surface area (Å²) in [6.45, 7) is 8.12. The number of nitrogens with one attached hydrogen (secondary N) is 1. The van der Waals surface area contributed by atoms with Crippen molar-refractivity contribution in [1.82, 2.24) is 14.3 Å². The third-order valence-corrected chi connectivity index (χ3v) is 6.65. The molecule has 0 amide bonds. The van der Waals surface area contributed by atoms with Crippen molar-refractivity contribution in [3.8, 4) is 11.8 Å². The molecule has 0 saturated carbocycles. The maximum atomic E-state index is 9.67. The van der Waals surface area contributed by atoms with Gasteiger partial charge < -0.3 is 15.0 Å². The van der Waals surface area contributed by atoms with Gasteiger partial charge in [-0.2, -0.15) is 5.26 Å². The fourth-order valence-electron chi connectivity index (χ4n) is 4.77. The van der Waals surface area contributed by atoms with E-state index in [-0.39, 0.29) is 0 Å². The quantitative estimate of drug-likeness (QED) is 0.420. The van der Waals surface area contributed by atoms with Crippen LogP contribution in [0.15, 0.2) is 54.6 Å². The van der Waals surface area contributed by atoms with Gasteiger partial charge >= 0.3 is 0 Å². The van der Waals surface area contributed by atoms with Crippen LogP contribution in [-0.4, -0.2) is 60.7 Å². The Morgan fingerprint density at radius 1 is 1.06 bits per heavy atom. The summed E-state index contributed by atoms with van der Waals surface area (Å²) >= 11 is 0. The van der Waals surface area contributed by atoms with Crippen LogP contribution in [0.25, 0.3) is 16.7 Å². The van der Waals surface area contributed by atoms with E-state index in [1.807, 2.05) is 37.3 Å². The predicted octanol–water partition coefficient (Wildman–Crippen LogP) is 4.30. The second kappa shape index (κ2) is 9.62. The zero-order valence-corrected chi connectivity index (χ0v) is 19.8. The summed E-state index contributed by atoms with van der Waals surface area (Å²) in [6, 6.07) is 20.8. The monoisotopic (exact) mass is 454 g/mol. The molecular formula is C27H30N6O. The Hall–Kier alpha value is -3.76. The number of nitriles is 1. The lowest BCUT2D eigenvalue weighted by Crippen LogP contribution is -2.46. The Kier molecular flexibility index (Phi) is 6.24. The summed E-state index contributed by atoms with van der Waals surface area (Å²) in [7, 11) is 1.70. The van der Waals surface area contributed by atoms with E-state index in [1.165, 1.54) is 5.69 Å². The molecule has 0 radical (unpaired) electrons. The summed E-state index contributed by atoms with van der Waals surface area (Å²) in [4.78, 5) is 9.71. The van der Waals surface area contributed by atoms with Crippen molar-refractivity contribution >= 4 is 28.2 Å². The lowest BCUT2D eigenvalue weighted by Gasteiger charge is -2.36. The van der Waals surface area contributed by atoms with Crippen molar-refractivity contribution in [3.63, 3.8) is 0 Å². The molecule has 34 heavy (non-hydrogen) atoms. The van der Waals surface area contributed by atoms with E-state index in [0.717, 1.165) is 79.5 Å². The number of nitrogens with zero attached hydrogens (tertiary/aromatic N) is 5. The Bertz CT molecular complexity index is 1330. The number of benzene rings is 2. The maximum absolute atomic E-state index is 9.67. The normalized spacial score (nSPS) is 14.4. The molecule has 2 aromatic heterocycles. The van der Waals surface area contributed by atoms with Crippen LogP contribution in [0.1, 0.15) is 17.5 Å². The van der Waals surface area contributed by atoms with Crippen molar-refractivity contribution < 1.29 is 4.74 Å². The van der Waals surface area contributed by atoms with Crippen molar-refractivity contribution in [3.05, 3.63) is 65.7 Å². The highest BCUT2D eigenvalue weighted by atomic mass is 16.5. The van der Waals surface area contributed by atoms with E-state index in [0.29, 0.717) is 5.56 Å². The van der Waals surface area contributed by atoms with Crippen molar-refractivity contribution in [2.45, 2.75) is 13.3 Å². The van der Waals surface area contributed by atoms with Crippen LogP contribution in [0.2, 0.25) is 0 Å². The second-order valence-electron chi connectivity index (χ2n) is 8.77. The first-order valence-corrected chi connectivity index (χ1v) is 11.8. The molecule has 5 rings (SSSR count). The van der Waals surface area contributed by atoms with Gasteiger partial charge in [-0.1, -0.05) is 12.1 Å². The molecule has 0 atom stereocenters. The SMILES string of the molecule is COc1ccc(N2CCN(CCCNc3cc(C)c(C#N)c4nc5ccccc5n34)CC2)cc1. The Labute approximate surface area is 200 Å². The molecule has 1 saturated heterocycles. The average Bonchev–Trinajstić information content (AvgIpc) is 3.26. The molecule has 0 bridgehead atoms. The lowest BCUT2D eigenvalue weighted by atomic mass is 10.1. The van der Waals surface area contributed by atoms with Gasteiger partial charge in [0.05, 0.1) is 23.7 Å². The van der Waals surface area contributed by atoms with Crippen LogP contribution in [0.4, 0.5) is 11.5 Å². The average molecular weight is 455 g/mol. The van der Waals surface area contributed by atoms with Crippen LogP contribution in [0, 0.1) is 18.3 Å². The first-order valence-electron chi connectivity index (χ1n) is 11.8. The van der Waals surface area contributed by atoms with Crippen molar-refractivity contribution in [2.75, 3.05) is 56.6 Å². The molecule has 7 nitrogen and oxygen atoms in total. The molecule has 1 aliphatic heterocycles. The van der Waals surface area contributed by atoms with Gasteiger partial charge in [-0.15, -0.1) is 0 Å². The summed E-state index contributed by atoms with van der Waals surface area (Å²) in [5.41, 5.74) is 5.49. The van der Waals surface area contributed by atoms with Gasteiger partial charge in [0.2, 0.25) is 0 Å². The van der Waals surface area contributed by atoms with E-state index in [9.17, 15) is 5.26 Å². The van der Waals surface area contributed by atoms with E-state index in [1.54, 1.807) is 7.11 Å². The zero-order chi connectivity index (χ0) is 23.5. The zero-order valence-electron chi connectivity index (χ0n) is 19.8. The number of ether oxygens (including phenoxy) is 1.